The average Bonchev–Trinajstić information content (AvgIpc) is 2.82. The molecule has 0 bridgehead atoms. The highest BCUT2D eigenvalue weighted by atomic mass is 35.5. The van der Waals surface area contributed by atoms with E-state index in [4.69, 9.17) is 21.8 Å². The van der Waals surface area contributed by atoms with Gasteiger partial charge in [-0.25, -0.2) is 0 Å². The Bertz CT molecular complexity index is 503. The van der Waals surface area contributed by atoms with Crippen molar-refractivity contribution in [2.75, 3.05) is 0 Å². The van der Waals surface area contributed by atoms with Crippen molar-refractivity contribution in [1.82, 2.24) is 0 Å². The van der Waals surface area contributed by atoms with Gasteiger partial charge in [0.15, 0.2) is 0 Å². The lowest BCUT2D eigenvalue weighted by Crippen LogP contribution is -2.00. The monoisotopic (exact) mass is 233 g/mol. The fraction of sp³-hybridized carbons (Fsp3) is 0.231. The molecular weight excluding hydrogens is 222 g/mol. The Morgan fingerprint density at radius 3 is 2.44 bits per heavy atom. The number of hydrogen-bond donors (Lipinski definition) is 1. The second-order valence-corrected chi connectivity index (χ2v) is 4.65. The summed E-state index contributed by atoms with van der Waals surface area (Å²) in [6, 6.07) is 11.9. The van der Waals surface area contributed by atoms with E-state index >= 15 is 0 Å². The van der Waals surface area contributed by atoms with Crippen LogP contribution in [0.4, 0.5) is 0 Å². The van der Waals surface area contributed by atoms with E-state index in [9.17, 15) is 0 Å². The molecule has 2 aromatic rings. The molecule has 1 aliphatic rings. The Balaban J connectivity index is 1.89. The summed E-state index contributed by atoms with van der Waals surface area (Å²) in [5, 5.41) is 0.736. The lowest BCUT2D eigenvalue weighted by atomic mass is 10.2. The van der Waals surface area contributed by atoms with Crippen LogP contribution in [-0.4, -0.2) is 6.04 Å². The highest BCUT2D eigenvalue weighted by Gasteiger charge is 2.37. The maximum atomic E-state index is 5.84. The first-order chi connectivity index (χ1) is 7.74. The van der Waals surface area contributed by atoms with Gasteiger partial charge in [0.05, 0.1) is 0 Å². The van der Waals surface area contributed by atoms with Gasteiger partial charge in [0.2, 0.25) is 0 Å². The predicted octanol–water partition coefficient (Wildman–Crippen LogP) is 3.41. The number of halogens is 1. The summed E-state index contributed by atoms with van der Waals surface area (Å²) >= 11 is 5.84. The SMILES string of the molecule is N[C@@H]1C[C@@H]1c1ccc(-c2ccc(Cl)cc2)o1. The Kier molecular flexibility index (Phi) is 2.27. The molecule has 1 heterocycles. The Hall–Kier alpha value is -1.25. The van der Waals surface area contributed by atoms with Gasteiger partial charge in [-0.1, -0.05) is 11.6 Å². The van der Waals surface area contributed by atoms with Gasteiger partial charge >= 0.3 is 0 Å². The summed E-state index contributed by atoms with van der Waals surface area (Å²) in [5.41, 5.74) is 6.84. The second kappa shape index (κ2) is 3.65. The van der Waals surface area contributed by atoms with Crippen molar-refractivity contribution in [1.29, 1.82) is 0 Å². The summed E-state index contributed by atoms with van der Waals surface area (Å²) < 4.78 is 5.78. The molecular formula is C13H12ClNO. The zero-order chi connectivity index (χ0) is 11.1. The molecule has 16 heavy (non-hydrogen) atoms. The van der Waals surface area contributed by atoms with Crippen LogP contribution in [0.5, 0.6) is 0 Å². The van der Waals surface area contributed by atoms with E-state index in [0.717, 1.165) is 28.5 Å². The van der Waals surface area contributed by atoms with Gasteiger partial charge in [0, 0.05) is 22.5 Å². The van der Waals surface area contributed by atoms with Gasteiger partial charge in [0.1, 0.15) is 11.5 Å². The summed E-state index contributed by atoms with van der Waals surface area (Å²) in [6.45, 7) is 0. The van der Waals surface area contributed by atoms with Crippen LogP contribution >= 0.6 is 11.6 Å². The molecule has 0 unspecified atom stereocenters. The smallest absolute Gasteiger partial charge is 0.134 e. The van der Waals surface area contributed by atoms with Crippen LogP contribution < -0.4 is 5.73 Å². The van der Waals surface area contributed by atoms with Crippen LogP contribution in [0.15, 0.2) is 40.8 Å². The van der Waals surface area contributed by atoms with Gasteiger partial charge in [-0.05, 0) is 42.8 Å². The van der Waals surface area contributed by atoms with Crippen molar-refractivity contribution < 1.29 is 4.42 Å². The molecule has 82 valence electrons. The Labute approximate surface area is 99.0 Å². The van der Waals surface area contributed by atoms with Crippen molar-refractivity contribution in [3.63, 3.8) is 0 Å². The van der Waals surface area contributed by atoms with Gasteiger partial charge in [-0.3, -0.25) is 0 Å². The molecule has 0 aliphatic heterocycles. The third-order valence-electron chi connectivity index (χ3n) is 2.96. The van der Waals surface area contributed by atoms with Gasteiger partial charge < -0.3 is 10.2 Å². The minimum absolute atomic E-state index is 0.282. The van der Waals surface area contributed by atoms with Crippen LogP contribution in [-0.2, 0) is 0 Å². The molecule has 1 saturated carbocycles. The van der Waals surface area contributed by atoms with Crippen LogP contribution in [0.25, 0.3) is 11.3 Å². The molecule has 1 fully saturated rings. The van der Waals surface area contributed by atoms with Crippen molar-refractivity contribution in [3.05, 3.63) is 47.2 Å². The Morgan fingerprint density at radius 1 is 1.12 bits per heavy atom. The molecule has 0 radical (unpaired) electrons. The maximum absolute atomic E-state index is 5.84. The fourth-order valence-electron chi connectivity index (χ4n) is 1.86. The Morgan fingerprint density at radius 2 is 1.81 bits per heavy atom. The molecule has 2 nitrogen and oxygen atoms in total. The number of hydrogen-bond acceptors (Lipinski definition) is 2. The van der Waals surface area contributed by atoms with Crippen LogP contribution in [0.2, 0.25) is 5.02 Å². The normalized spacial score (nSPS) is 23.4. The number of rotatable bonds is 2. The number of nitrogens with two attached hydrogens (primary N) is 1. The molecule has 0 spiro atoms. The third-order valence-corrected chi connectivity index (χ3v) is 3.21. The van der Waals surface area contributed by atoms with E-state index < -0.39 is 0 Å². The fourth-order valence-corrected chi connectivity index (χ4v) is 1.99. The van der Waals surface area contributed by atoms with E-state index in [-0.39, 0.29) is 6.04 Å². The highest BCUT2D eigenvalue weighted by molar-refractivity contribution is 6.30. The summed E-state index contributed by atoms with van der Waals surface area (Å²) in [6.07, 6.45) is 1.04. The number of benzene rings is 1. The van der Waals surface area contributed by atoms with E-state index in [1.54, 1.807) is 0 Å². The molecule has 0 saturated heterocycles. The maximum Gasteiger partial charge on any atom is 0.134 e. The van der Waals surface area contributed by atoms with Crippen molar-refractivity contribution in [2.45, 2.75) is 18.4 Å². The lowest BCUT2D eigenvalue weighted by molar-refractivity contribution is 0.522. The van der Waals surface area contributed by atoms with Gasteiger partial charge in [-0.15, -0.1) is 0 Å². The minimum atomic E-state index is 0.282. The van der Waals surface area contributed by atoms with Crippen molar-refractivity contribution >= 4 is 11.6 Å². The third kappa shape index (κ3) is 1.75. The molecule has 1 aromatic heterocycles. The molecule has 1 aliphatic carbocycles. The number of furan rings is 1. The predicted molar refractivity (Wildman–Crippen MR) is 64.5 cm³/mol. The summed E-state index contributed by atoms with van der Waals surface area (Å²) in [7, 11) is 0. The first kappa shape index (κ1) is 9.94. The van der Waals surface area contributed by atoms with Gasteiger partial charge in [-0.2, -0.15) is 0 Å². The molecule has 3 rings (SSSR count). The summed E-state index contributed by atoms with van der Waals surface area (Å²) in [5.74, 6) is 2.30. The molecule has 0 amide bonds. The van der Waals surface area contributed by atoms with Crippen LogP contribution in [0.3, 0.4) is 0 Å². The van der Waals surface area contributed by atoms with Crippen molar-refractivity contribution in [3.8, 4) is 11.3 Å². The quantitative estimate of drug-likeness (QED) is 0.863. The van der Waals surface area contributed by atoms with E-state index in [1.807, 2.05) is 36.4 Å². The zero-order valence-electron chi connectivity index (χ0n) is 8.69. The topological polar surface area (TPSA) is 39.2 Å². The zero-order valence-corrected chi connectivity index (χ0v) is 9.45. The van der Waals surface area contributed by atoms with Gasteiger partial charge in [0.25, 0.3) is 0 Å². The van der Waals surface area contributed by atoms with Crippen LogP contribution in [0.1, 0.15) is 18.1 Å². The van der Waals surface area contributed by atoms with E-state index in [1.165, 1.54) is 0 Å². The first-order valence-electron chi connectivity index (χ1n) is 5.35. The largest absolute Gasteiger partial charge is 0.461 e. The summed E-state index contributed by atoms with van der Waals surface area (Å²) in [4.78, 5) is 0. The van der Waals surface area contributed by atoms with E-state index in [2.05, 4.69) is 0 Å². The highest BCUT2D eigenvalue weighted by Crippen LogP contribution is 2.41. The second-order valence-electron chi connectivity index (χ2n) is 4.21. The van der Waals surface area contributed by atoms with Crippen molar-refractivity contribution in [2.24, 2.45) is 5.73 Å². The minimum Gasteiger partial charge on any atom is -0.461 e. The van der Waals surface area contributed by atoms with E-state index in [0.29, 0.717) is 5.92 Å². The molecule has 1 aromatic carbocycles. The molecule has 3 heteroatoms. The molecule has 2 atom stereocenters. The average molecular weight is 234 g/mol. The first-order valence-corrected chi connectivity index (χ1v) is 5.73. The lowest BCUT2D eigenvalue weighted by Gasteiger charge is -1.97. The molecule has 2 N–H and O–H groups in total. The standard InChI is InChI=1S/C13H12ClNO/c14-9-3-1-8(2-4-9)12-5-6-13(16-12)10-7-11(10)15/h1-6,10-11H,7,15H2/t10-,11+/m0/s1. The van der Waals surface area contributed by atoms with Crippen LogP contribution in [0, 0.1) is 0 Å².